The number of hydrogen-bond acceptors (Lipinski definition) is 5. The molecule has 1 saturated heterocycles. The van der Waals surface area contributed by atoms with Gasteiger partial charge in [-0.05, 0) is 37.1 Å². The van der Waals surface area contributed by atoms with E-state index in [4.69, 9.17) is 14.2 Å². The van der Waals surface area contributed by atoms with Crippen molar-refractivity contribution in [2.75, 3.05) is 47.1 Å². The molecule has 1 saturated carbocycles. The lowest BCUT2D eigenvalue weighted by atomic mass is 9.76. The normalized spacial score (nSPS) is 20.4. The number of benzene rings is 1. The molecule has 1 unspecified atom stereocenters. The van der Waals surface area contributed by atoms with Crippen LogP contribution in [-0.4, -0.2) is 63.8 Å². The van der Waals surface area contributed by atoms with Gasteiger partial charge in [-0.25, -0.2) is 0 Å². The molecule has 2 fully saturated rings. The molecule has 7 heteroatoms. The highest BCUT2D eigenvalue weighted by atomic mass is 16.5. The maximum absolute atomic E-state index is 12.7. The Morgan fingerprint density at radius 1 is 1.14 bits per heavy atom. The lowest BCUT2D eigenvalue weighted by Gasteiger charge is -2.28. The summed E-state index contributed by atoms with van der Waals surface area (Å²) in [4.78, 5) is 27.3. The van der Waals surface area contributed by atoms with Crippen molar-refractivity contribution in [3.63, 3.8) is 0 Å². The van der Waals surface area contributed by atoms with Crippen molar-refractivity contribution in [3.8, 4) is 11.5 Å². The van der Waals surface area contributed by atoms with Gasteiger partial charge in [-0.3, -0.25) is 9.59 Å². The third-order valence-electron chi connectivity index (χ3n) is 5.94. The van der Waals surface area contributed by atoms with Gasteiger partial charge < -0.3 is 24.4 Å². The average molecular weight is 390 g/mol. The minimum absolute atomic E-state index is 0.0274. The molecule has 1 N–H and O–H groups in total. The fourth-order valence-electron chi connectivity index (χ4n) is 4.41. The molecule has 1 heterocycles. The molecule has 2 aliphatic rings. The van der Waals surface area contributed by atoms with Crippen LogP contribution in [0.5, 0.6) is 11.5 Å². The summed E-state index contributed by atoms with van der Waals surface area (Å²) in [6.07, 6.45) is 4.23. The van der Waals surface area contributed by atoms with Crippen molar-refractivity contribution in [2.45, 2.75) is 25.7 Å². The number of rotatable bonds is 8. The van der Waals surface area contributed by atoms with E-state index in [1.807, 2.05) is 0 Å². The summed E-state index contributed by atoms with van der Waals surface area (Å²) in [5.41, 5.74) is -0.0903. The number of nitrogens with one attached hydrogen (secondary N) is 1. The number of likely N-dealkylation sites (tertiary alicyclic amines) is 1. The molecule has 3 rings (SSSR count). The Bertz CT molecular complexity index is 670. The smallest absolute Gasteiger partial charge is 0.260 e. The zero-order chi connectivity index (χ0) is 20.0. The number of carbonyl (C=O) groups is 2. The van der Waals surface area contributed by atoms with Gasteiger partial charge in [-0.1, -0.05) is 12.8 Å². The van der Waals surface area contributed by atoms with Crippen LogP contribution in [0.25, 0.3) is 0 Å². The molecule has 1 aliphatic heterocycles. The van der Waals surface area contributed by atoms with E-state index in [0.717, 1.165) is 31.4 Å². The molecule has 154 valence electrons. The second-order valence-electron chi connectivity index (χ2n) is 7.64. The number of nitrogens with zero attached hydrogens (tertiary/aromatic N) is 1. The molecule has 1 aliphatic carbocycles. The van der Waals surface area contributed by atoms with E-state index in [1.165, 1.54) is 0 Å². The first kappa shape index (κ1) is 20.5. The molecule has 1 atom stereocenters. The van der Waals surface area contributed by atoms with Crippen LogP contribution in [0.2, 0.25) is 0 Å². The maximum atomic E-state index is 12.7. The van der Waals surface area contributed by atoms with Gasteiger partial charge in [-0.15, -0.1) is 0 Å². The Morgan fingerprint density at radius 3 is 2.46 bits per heavy atom. The zero-order valence-electron chi connectivity index (χ0n) is 16.7. The van der Waals surface area contributed by atoms with E-state index >= 15 is 0 Å². The molecule has 1 aromatic carbocycles. The number of amides is 2. The molecule has 7 nitrogen and oxygen atoms in total. The van der Waals surface area contributed by atoms with Crippen molar-refractivity contribution in [2.24, 2.45) is 11.3 Å². The van der Waals surface area contributed by atoms with Crippen LogP contribution >= 0.6 is 0 Å². The van der Waals surface area contributed by atoms with E-state index in [9.17, 15) is 9.59 Å². The van der Waals surface area contributed by atoms with E-state index < -0.39 is 0 Å². The predicted octanol–water partition coefficient (Wildman–Crippen LogP) is 1.86. The third kappa shape index (κ3) is 4.58. The van der Waals surface area contributed by atoms with Gasteiger partial charge in [0.2, 0.25) is 5.91 Å². The Morgan fingerprint density at radius 2 is 1.82 bits per heavy atom. The Balaban J connectivity index is 1.58. The lowest BCUT2D eigenvalue weighted by molar-refractivity contribution is -0.132. The van der Waals surface area contributed by atoms with Gasteiger partial charge in [0, 0.05) is 32.2 Å². The van der Waals surface area contributed by atoms with Crippen LogP contribution in [-0.2, 0) is 14.3 Å². The summed E-state index contributed by atoms with van der Waals surface area (Å²) < 4.78 is 15.8. The van der Waals surface area contributed by atoms with Gasteiger partial charge in [0.15, 0.2) is 6.61 Å². The molecule has 1 aromatic rings. The van der Waals surface area contributed by atoms with Gasteiger partial charge in [0.25, 0.3) is 5.91 Å². The van der Waals surface area contributed by atoms with Crippen LogP contribution in [0.3, 0.4) is 0 Å². The summed E-state index contributed by atoms with van der Waals surface area (Å²) in [5, 5.41) is 2.96. The van der Waals surface area contributed by atoms with Crippen LogP contribution < -0.4 is 14.8 Å². The molecule has 0 aromatic heterocycles. The summed E-state index contributed by atoms with van der Waals surface area (Å²) >= 11 is 0. The molecule has 0 radical (unpaired) electrons. The molecule has 2 amide bonds. The van der Waals surface area contributed by atoms with Gasteiger partial charge in [0.05, 0.1) is 19.6 Å². The fourth-order valence-corrected chi connectivity index (χ4v) is 4.41. The van der Waals surface area contributed by atoms with Crippen molar-refractivity contribution < 1.29 is 23.8 Å². The van der Waals surface area contributed by atoms with E-state index in [1.54, 1.807) is 43.4 Å². The average Bonchev–Trinajstić information content (AvgIpc) is 3.34. The first-order chi connectivity index (χ1) is 13.6. The predicted molar refractivity (Wildman–Crippen MR) is 104 cm³/mol. The Kier molecular flexibility index (Phi) is 6.78. The van der Waals surface area contributed by atoms with Crippen LogP contribution in [0.1, 0.15) is 25.7 Å². The van der Waals surface area contributed by atoms with Crippen LogP contribution in [0.15, 0.2) is 24.3 Å². The molecular weight excluding hydrogens is 360 g/mol. The van der Waals surface area contributed by atoms with Gasteiger partial charge in [0.1, 0.15) is 11.5 Å². The number of ether oxygens (including phenoxy) is 3. The van der Waals surface area contributed by atoms with E-state index in [-0.39, 0.29) is 29.8 Å². The minimum Gasteiger partial charge on any atom is -0.497 e. The molecule has 1 spiro atoms. The van der Waals surface area contributed by atoms with Crippen molar-refractivity contribution in [1.82, 2.24) is 10.2 Å². The van der Waals surface area contributed by atoms with E-state index in [2.05, 4.69) is 5.32 Å². The Labute approximate surface area is 166 Å². The highest BCUT2D eigenvalue weighted by Crippen LogP contribution is 2.49. The van der Waals surface area contributed by atoms with E-state index in [0.29, 0.717) is 32.0 Å². The molecule has 0 bridgehead atoms. The Hall–Kier alpha value is -2.28. The zero-order valence-corrected chi connectivity index (χ0v) is 16.7. The largest absolute Gasteiger partial charge is 0.497 e. The van der Waals surface area contributed by atoms with Crippen LogP contribution in [0.4, 0.5) is 0 Å². The van der Waals surface area contributed by atoms with Crippen LogP contribution in [0, 0.1) is 11.3 Å². The second kappa shape index (κ2) is 9.28. The summed E-state index contributed by atoms with van der Waals surface area (Å²) in [6, 6.07) is 7.15. The molecule has 28 heavy (non-hydrogen) atoms. The second-order valence-corrected chi connectivity index (χ2v) is 7.64. The van der Waals surface area contributed by atoms with Gasteiger partial charge in [-0.2, -0.15) is 0 Å². The molecular formula is C21H30N2O5. The number of carbonyl (C=O) groups excluding carboxylic acids is 2. The first-order valence-electron chi connectivity index (χ1n) is 9.89. The monoisotopic (exact) mass is 390 g/mol. The number of methoxy groups -OCH3 is 2. The highest BCUT2D eigenvalue weighted by molar-refractivity contribution is 5.83. The lowest BCUT2D eigenvalue weighted by Crippen LogP contribution is -2.41. The summed E-state index contributed by atoms with van der Waals surface area (Å²) in [5.74, 6) is 1.16. The van der Waals surface area contributed by atoms with Gasteiger partial charge >= 0.3 is 0 Å². The number of hydrogen-bond donors (Lipinski definition) is 1. The van der Waals surface area contributed by atoms with Crippen molar-refractivity contribution in [1.29, 1.82) is 0 Å². The van der Waals surface area contributed by atoms with Crippen molar-refractivity contribution >= 4 is 11.8 Å². The standard InChI is InChI=1S/C21H30N2O5/c1-26-12-11-22-20(25)18-13-23(15-21(18)9-3-4-10-21)19(24)14-28-17-7-5-16(27-2)6-8-17/h5-8,18H,3-4,9-15H2,1-2H3,(H,22,25). The quantitative estimate of drug-likeness (QED) is 0.686. The third-order valence-corrected chi connectivity index (χ3v) is 5.94. The topological polar surface area (TPSA) is 77.1 Å². The van der Waals surface area contributed by atoms with Crippen molar-refractivity contribution in [3.05, 3.63) is 24.3 Å². The summed E-state index contributed by atoms with van der Waals surface area (Å²) in [6.45, 7) is 2.06. The SMILES string of the molecule is COCCNC(=O)C1CN(C(=O)COc2ccc(OC)cc2)CC12CCCC2. The highest BCUT2D eigenvalue weighted by Gasteiger charge is 2.52. The fraction of sp³-hybridized carbons (Fsp3) is 0.619. The maximum Gasteiger partial charge on any atom is 0.260 e. The first-order valence-corrected chi connectivity index (χ1v) is 9.89. The summed E-state index contributed by atoms with van der Waals surface area (Å²) in [7, 11) is 3.22. The minimum atomic E-state index is -0.156.